The summed E-state index contributed by atoms with van der Waals surface area (Å²) in [5, 5.41) is 0. The Morgan fingerprint density at radius 3 is 0.408 bits per heavy atom. The Hall–Kier alpha value is -0.880. The fourth-order valence-corrected chi connectivity index (χ4v) is 40.1. The van der Waals surface area contributed by atoms with E-state index in [2.05, 4.69) is 94.9 Å². The lowest BCUT2D eigenvalue weighted by molar-refractivity contribution is -0.370. The monoisotopic (exact) mass is 1020 g/mol. The second kappa shape index (κ2) is 12.1. The summed E-state index contributed by atoms with van der Waals surface area (Å²) in [6.07, 6.45) is 68.3. The topological polar surface area (TPSA) is 0 Å². The Morgan fingerprint density at radius 2 is 0.276 bits per heavy atom. The molecule has 0 radical (unpaired) electrons. The molecule has 0 spiro atoms. The van der Waals surface area contributed by atoms with Crippen molar-refractivity contribution in [1.29, 1.82) is 0 Å². The van der Waals surface area contributed by atoms with Gasteiger partial charge in [-0.2, -0.15) is 0 Å². The van der Waals surface area contributed by atoms with Gasteiger partial charge in [0.05, 0.1) is 0 Å². The number of hydrogen-bond donors (Lipinski definition) is 0. The first kappa shape index (κ1) is 48.6. The van der Waals surface area contributed by atoms with Crippen molar-refractivity contribution in [3.05, 3.63) is 0 Å². The third-order valence-corrected chi connectivity index (χ3v) is 33.8. The van der Waals surface area contributed by atoms with Gasteiger partial charge < -0.3 is 0 Å². The average molecular weight is 1020 g/mol. The first-order valence-corrected chi connectivity index (χ1v) is 33.8. The summed E-state index contributed by atoms with van der Waals surface area (Å²) in [7, 11) is 0. The fraction of sp³-hybridized carbons (Fsp3) is 0.947. The van der Waals surface area contributed by atoms with E-state index in [4.69, 9.17) is 12.8 Å². The van der Waals surface area contributed by atoms with Gasteiger partial charge >= 0.3 is 0 Å². The predicted molar refractivity (Wildman–Crippen MR) is 310 cm³/mol. The summed E-state index contributed by atoms with van der Waals surface area (Å²) in [4.78, 5) is 0. The molecule has 12 unspecified atom stereocenters. The summed E-state index contributed by atoms with van der Waals surface area (Å²) in [5.41, 5.74) is 10.6. The molecule has 0 aromatic carbocycles. The number of rotatable bonds is 5. The van der Waals surface area contributed by atoms with Gasteiger partial charge in [0.15, 0.2) is 0 Å². The first-order valence-electron chi connectivity index (χ1n) is 33.8. The highest BCUT2D eigenvalue weighted by molar-refractivity contribution is 5.37. The standard InChI is InChI=1S/C76H110/c1-15-65-23-53(3)17-54(4,24-65)28-67(27-53,47-65)69-31-57(7)19-58(8,32-69)36-71(35-57,49-69)73-39-61(11)21-62(12,40-73)44-75(43-61,51-73)76-45-63(13)22-64(14,46-76)42-74(41-63,52-76)72-37-59(9)20-60(10,38-72)34-70(33-59,50-72)68-29-55(5)18-56(6,30-68)26-66(16-2,25-55)48-68/h1-2H,17-52H2,3-14H3. The molecule has 24 aliphatic rings. The van der Waals surface area contributed by atoms with Crippen LogP contribution in [0.3, 0.4) is 0 Å². The van der Waals surface area contributed by atoms with Crippen molar-refractivity contribution in [2.75, 3.05) is 0 Å². The zero-order valence-corrected chi connectivity index (χ0v) is 51.6. The summed E-state index contributed by atoms with van der Waals surface area (Å²) >= 11 is 0. The van der Waals surface area contributed by atoms with Crippen LogP contribution < -0.4 is 0 Å². The van der Waals surface area contributed by atoms with Gasteiger partial charge in [0, 0.05) is 10.8 Å². The molecule has 0 heterocycles. The van der Waals surface area contributed by atoms with E-state index in [9.17, 15) is 0 Å². The molecule has 0 aliphatic heterocycles. The Morgan fingerprint density at radius 1 is 0.158 bits per heavy atom. The molecule has 0 heteroatoms. The van der Waals surface area contributed by atoms with Crippen molar-refractivity contribution < 1.29 is 0 Å². The lowest BCUT2D eigenvalue weighted by Crippen LogP contribution is -2.77. The van der Waals surface area contributed by atoms with Crippen molar-refractivity contribution in [2.24, 2.45) is 130 Å². The normalized spacial score (nSPS) is 72.6. The van der Waals surface area contributed by atoms with Gasteiger partial charge in [0.2, 0.25) is 0 Å². The molecule has 12 atom stereocenters. The van der Waals surface area contributed by atoms with Crippen LogP contribution in [0.25, 0.3) is 0 Å². The van der Waals surface area contributed by atoms with Crippen LogP contribution in [0, 0.1) is 155 Å². The van der Waals surface area contributed by atoms with E-state index in [1.165, 1.54) is 128 Å². The van der Waals surface area contributed by atoms with Crippen LogP contribution in [-0.4, -0.2) is 0 Å². The van der Waals surface area contributed by atoms with Crippen molar-refractivity contribution >= 4 is 0 Å². The quantitative estimate of drug-likeness (QED) is 0.241. The van der Waals surface area contributed by atoms with Crippen molar-refractivity contribution in [3.8, 4) is 24.7 Å². The molecule has 414 valence electrons. The summed E-state index contributed by atoms with van der Waals surface area (Å²) in [5.74, 6) is 7.43. The Kier molecular flexibility index (Phi) is 7.73. The summed E-state index contributed by atoms with van der Waals surface area (Å²) in [6, 6.07) is 0. The van der Waals surface area contributed by atoms with E-state index in [1.54, 1.807) is 103 Å². The van der Waals surface area contributed by atoms with Crippen molar-refractivity contribution in [2.45, 2.75) is 314 Å². The average Bonchev–Trinajstić information content (AvgIpc) is 1.73. The van der Waals surface area contributed by atoms with Crippen LogP contribution in [0.15, 0.2) is 0 Å². The molecule has 24 rings (SSSR count). The molecule has 24 fully saturated rings. The maximum Gasteiger partial charge on any atom is 0.0328 e. The molecular formula is C76H110. The second-order valence-corrected chi connectivity index (χ2v) is 43.7. The molecular weight excluding hydrogens is 913 g/mol. The minimum Gasteiger partial charge on any atom is -0.120 e. The predicted octanol–water partition coefficient (Wildman–Crippen LogP) is 20.5. The van der Waals surface area contributed by atoms with Crippen LogP contribution in [0.4, 0.5) is 0 Å². The Labute approximate surface area is 466 Å². The van der Waals surface area contributed by atoms with Gasteiger partial charge in [-0.3, -0.25) is 0 Å². The number of hydrogen-bond acceptors (Lipinski definition) is 0. The first-order chi connectivity index (χ1) is 34.8. The lowest BCUT2D eigenvalue weighted by Gasteiger charge is -2.87. The van der Waals surface area contributed by atoms with E-state index in [0.29, 0.717) is 119 Å². The van der Waals surface area contributed by atoms with Crippen LogP contribution in [0.5, 0.6) is 0 Å². The highest BCUT2D eigenvalue weighted by atomic mass is 14.9. The van der Waals surface area contributed by atoms with E-state index in [-0.39, 0.29) is 10.8 Å². The highest BCUT2D eigenvalue weighted by Gasteiger charge is 2.86. The smallest absolute Gasteiger partial charge is 0.0328 e. The van der Waals surface area contributed by atoms with Crippen molar-refractivity contribution in [3.63, 3.8) is 0 Å². The molecule has 0 saturated heterocycles. The van der Waals surface area contributed by atoms with Crippen LogP contribution in [-0.2, 0) is 0 Å². The third kappa shape index (κ3) is 5.37. The maximum atomic E-state index is 6.90. The molecule has 76 heavy (non-hydrogen) atoms. The minimum atomic E-state index is 0.142. The number of terminal acetylenes is 2. The van der Waals surface area contributed by atoms with Gasteiger partial charge in [-0.15, -0.1) is 12.8 Å². The van der Waals surface area contributed by atoms with E-state index >= 15 is 0 Å². The van der Waals surface area contributed by atoms with E-state index in [0.717, 1.165) is 0 Å². The Bertz CT molecular complexity index is 2560. The molecule has 24 bridgehead atoms. The van der Waals surface area contributed by atoms with Gasteiger partial charge in [0.25, 0.3) is 0 Å². The zero-order valence-electron chi connectivity index (χ0n) is 51.6. The summed E-state index contributed by atoms with van der Waals surface area (Å²) < 4.78 is 0. The minimum absolute atomic E-state index is 0.142. The van der Waals surface area contributed by atoms with Crippen molar-refractivity contribution in [1.82, 2.24) is 0 Å². The van der Waals surface area contributed by atoms with E-state index < -0.39 is 0 Å². The lowest BCUT2D eigenvalue weighted by atomic mass is 9.18. The maximum absolute atomic E-state index is 6.90. The highest BCUT2D eigenvalue weighted by Crippen LogP contribution is 2.96. The van der Waals surface area contributed by atoms with Gasteiger partial charge in [-0.25, -0.2) is 0 Å². The third-order valence-electron chi connectivity index (χ3n) is 33.8. The largest absolute Gasteiger partial charge is 0.120 e. The van der Waals surface area contributed by atoms with Gasteiger partial charge in [-0.1, -0.05) is 94.9 Å². The van der Waals surface area contributed by atoms with Crippen LogP contribution in [0.2, 0.25) is 0 Å². The molecule has 24 aliphatic carbocycles. The van der Waals surface area contributed by atoms with Gasteiger partial charge in [-0.05, 0) is 350 Å². The summed E-state index contributed by atoms with van der Waals surface area (Å²) in [6.45, 7) is 34.6. The molecule has 0 aromatic heterocycles. The van der Waals surface area contributed by atoms with Crippen LogP contribution >= 0.6 is 0 Å². The SMILES string of the molecule is C#CC12CC3(C)CC(C)(C1)CC(C14CC5(C)CC(C)(C1)CC(C16CC7(C)CC(C)(C1)CC(C18CC9(C)CC(C)(CC(C%10%11CC%12(C)CC(C)(CC(C%13%14CC%15(C)CC(C)(CC(C#C)(C%15)C%13)C%14)(C%12)C%10)C%11)(C9)C1)C8)(C7)C6)(C5)C4)(C3)C2. The molecule has 0 aromatic rings. The molecule has 0 nitrogen and oxygen atoms in total. The zero-order chi connectivity index (χ0) is 52.9. The van der Waals surface area contributed by atoms with E-state index in [1.807, 2.05) is 0 Å². The van der Waals surface area contributed by atoms with Crippen LogP contribution in [0.1, 0.15) is 314 Å². The molecule has 0 amide bonds. The fourth-order valence-electron chi connectivity index (χ4n) is 40.1. The Balaban J connectivity index is 0.780. The molecule has 0 N–H and O–H groups in total. The van der Waals surface area contributed by atoms with Gasteiger partial charge in [0.1, 0.15) is 0 Å². The molecule has 24 saturated carbocycles. The second-order valence-electron chi connectivity index (χ2n) is 43.7.